The monoisotopic (exact) mass is 401 g/mol. The molecule has 0 aliphatic carbocycles. The van der Waals surface area contributed by atoms with E-state index in [4.69, 9.17) is 0 Å². The summed E-state index contributed by atoms with van der Waals surface area (Å²) in [5.74, 6) is -0.307. The third-order valence-corrected chi connectivity index (χ3v) is 4.16. The van der Waals surface area contributed by atoms with Crippen LogP contribution in [0, 0.1) is 12.7 Å². The predicted octanol–water partition coefficient (Wildman–Crippen LogP) is 4.80. The first-order valence-electron chi connectivity index (χ1n) is 6.10. The number of nitrogens with one attached hydrogen (secondary N) is 1. The summed E-state index contributed by atoms with van der Waals surface area (Å²) in [4.78, 5) is 0. The molecule has 106 valence electrons. The van der Waals surface area contributed by atoms with E-state index in [1.165, 1.54) is 12.1 Å². The van der Waals surface area contributed by atoms with Crippen molar-refractivity contribution in [3.63, 3.8) is 0 Å². The van der Waals surface area contributed by atoms with E-state index in [0.29, 0.717) is 12.1 Å². The van der Waals surface area contributed by atoms with E-state index >= 15 is 0 Å². The Labute approximate surface area is 134 Å². The van der Waals surface area contributed by atoms with E-state index in [1.807, 2.05) is 19.1 Å². The Hall–Kier alpha value is -0.910. The fourth-order valence-electron chi connectivity index (χ4n) is 1.87. The highest BCUT2D eigenvalue weighted by molar-refractivity contribution is 9.11. The number of hydrogen-bond donors (Lipinski definition) is 2. The molecule has 1 unspecified atom stereocenters. The maximum Gasteiger partial charge on any atom is 0.123 e. The number of rotatable bonds is 4. The number of aliphatic hydroxyl groups excluding tert-OH is 1. The number of halogens is 3. The molecule has 0 aliphatic heterocycles. The van der Waals surface area contributed by atoms with Gasteiger partial charge >= 0.3 is 0 Å². The topological polar surface area (TPSA) is 32.3 Å². The Morgan fingerprint density at radius 2 is 1.70 bits per heavy atom. The Morgan fingerprint density at radius 1 is 1.15 bits per heavy atom. The van der Waals surface area contributed by atoms with Gasteiger partial charge in [-0.25, -0.2) is 4.39 Å². The molecule has 0 amide bonds. The largest absolute Gasteiger partial charge is 0.387 e. The molecule has 0 aromatic heterocycles. The molecule has 1 atom stereocenters. The molecule has 20 heavy (non-hydrogen) atoms. The fraction of sp³-hybridized carbons (Fsp3) is 0.200. The van der Waals surface area contributed by atoms with Gasteiger partial charge < -0.3 is 10.4 Å². The maximum atomic E-state index is 12.8. The molecule has 2 aromatic carbocycles. The number of aryl methyl sites for hydroxylation is 1. The minimum Gasteiger partial charge on any atom is -0.387 e. The average molecular weight is 403 g/mol. The Kier molecular flexibility index (Phi) is 5.18. The van der Waals surface area contributed by atoms with Gasteiger partial charge in [-0.1, -0.05) is 12.1 Å². The van der Waals surface area contributed by atoms with Crippen LogP contribution in [0.5, 0.6) is 0 Å². The van der Waals surface area contributed by atoms with Crippen LogP contribution in [0.1, 0.15) is 17.2 Å². The van der Waals surface area contributed by atoms with Crippen LogP contribution in [-0.2, 0) is 0 Å². The fourth-order valence-corrected chi connectivity index (χ4v) is 3.57. The van der Waals surface area contributed by atoms with Gasteiger partial charge in [0.25, 0.3) is 0 Å². The summed E-state index contributed by atoms with van der Waals surface area (Å²) < 4.78 is 14.7. The van der Waals surface area contributed by atoms with Crippen molar-refractivity contribution in [3.8, 4) is 0 Å². The van der Waals surface area contributed by atoms with Gasteiger partial charge in [-0.3, -0.25) is 0 Å². The summed E-state index contributed by atoms with van der Waals surface area (Å²) in [6, 6.07) is 9.85. The van der Waals surface area contributed by atoms with Gasteiger partial charge in [-0.05, 0) is 74.2 Å². The second kappa shape index (κ2) is 6.70. The average Bonchev–Trinajstić information content (AvgIpc) is 2.38. The highest BCUT2D eigenvalue weighted by Gasteiger charge is 2.10. The van der Waals surface area contributed by atoms with Crippen molar-refractivity contribution in [1.29, 1.82) is 0 Å². The highest BCUT2D eigenvalue weighted by Crippen LogP contribution is 2.32. The normalized spacial score (nSPS) is 12.2. The van der Waals surface area contributed by atoms with Gasteiger partial charge in [0.2, 0.25) is 0 Å². The van der Waals surface area contributed by atoms with Crippen molar-refractivity contribution in [2.75, 3.05) is 11.9 Å². The Balaban J connectivity index is 2.07. The van der Waals surface area contributed by atoms with Crippen LogP contribution in [0.15, 0.2) is 45.3 Å². The van der Waals surface area contributed by atoms with Gasteiger partial charge in [-0.2, -0.15) is 0 Å². The van der Waals surface area contributed by atoms with Crippen LogP contribution in [-0.4, -0.2) is 11.7 Å². The highest BCUT2D eigenvalue weighted by atomic mass is 79.9. The molecule has 2 aromatic rings. The zero-order chi connectivity index (χ0) is 14.7. The summed E-state index contributed by atoms with van der Waals surface area (Å²) in [5.41, 5.74) is 2.70. The maximum absolute atomic E-state index is 12.8. The third-order valence-electron chi connectivity index (χ3n) is 2.91. The van der Waals surface area contributed by atoms with Crippen molar-refractivity contribution in [2.45, 2.75) is 13.0 Å². The standard InChI is InChI=1S/C15H14Br2FNO/c1-9-6-12(16)15(13(17)7-9)19-8-14(20)10-2-4-11(18)5-3-10/h2-7,14,19-20H,8H2,1H3. The minimum atomic E-state index is -0.698. The molecule has 2 N–H and O–H groups in total. The van der Waals surface area contributed by atoms with Crippen LogP contribution < -0.4 is 5.32 Å². The van der Waals surface area contributed by atoms with Gasteiger partial charge in [0.1, 0.15) is 5.82 Å². The quantitative estimate of drug-likeness (QED) is 0.769. The molecule has 0 bridgehead atoms. The molecular weight excluding hydrogens is 389 g/mol. The molecule has 0 radical (unpaired) electrons. The second-order valence-electron chi connectivity index (χ2n) is 4.55. The van der Waals surface area contributed by atoms with Crippen LogP contribution in [0.4, 0.5) is 10.1 Å². The lowest BCUT2D eigenvalue weighted by Gasteiger charge is -2.16. The molecular formula is C15H14Br2FNO. The van der Waals surface area contributed by atoms with Crippen molar-refractivity contribution in [1.82, 2.24) is 0 Å². The van der Waals surface area contributed by atoms with E-state index in [0.717, 1.165) is 20.2 Å². The summed E-state index contributed by atoms with van der Waals surface area (Å²) in [6.07, 6.45) is -0.698. The van der Waals surface area contributed by atoms with Gasteiger partial charge in [0.05, 0.1) is 11.8 Å². The van der Waals surface area contributed by atoms with Crippen molar-refractivity contribution in [2.24, 2.45) is 0 Å². The molecule has 0 saturated heterocycles. The molecule has 0 spiro atoms. The van der Waals surface area contributed by atoms with Crippen molar-refractivity contribution < 1.29 is 9.50 Å². The van der Waals surface area contributed by atoms with Crippen LogP contribution >= 0.6 is 31.9 Å². The lowest BCUT2D eigenvalue weighted by Crippen LogP contribution is -2.12. The zero-order valence-electron chi connectivity index (χ0n) is 10.8. The number of benzene rings is 2. The lowest BCUT2D eigenvalue weighted by atomic mass is 10.1. The first-order valence-corrected chi connectivity index (χ1v) is 7.69. The SMILES string of the molecule is Cc1cc(Br)c(NCC(O)c2ccc(F)cc2)c(Br)c1. The second-order valence-corrected chi connectivity index (χ2v) is 6.26. The molecule has 0 saturated carbocycles. The summed E-state index contributed by atoms with van der Waals surface area (Å²) in [5, 5.41) is 13.3. The smallest absolute Gasteiger partial charge is 0.123 e. The molecule has 5 heteroatoms. The summed E-state index contributed by atoms with van der Waals surface area (Å²) in [6.45, 7) is 2.35. The predicted molar refractivity (Wildman–Crippen MR) is 86.4 cm³/mol. The van der Waals surface area contributed by atoms with Gasteiger partial charge in [0.15, 0.2) is 0 Å². The van der Waals surface area contributed by atoms with Crippen molar-refractivity contribution in [3.05, 3.63) is 62.3 Å². The number of anilines is 1. The van der Waals surface area contributed by atoms with E-state index < -0.39 is 6.10 Å². The van der Waals surface area contributed by atoms with Gasteiger partial charge in [-0.15, -0.1) is 0 Å². The molecule has 0 aliphatic rings. The first-order chi connectivity index (χ1) is 9.47. The van der Waals surface area contributed by atoms with Crippen LogP contribution in [0.2, 0.25) is 0 Å². The van der Waals surface area contributed by atoms with E-state index in [9.17, 15) is 9.50 Å². The number of hydrogen-bond acceptors (Lipinski definition) is 2. The first kappa shape index (κ1) is 15.5. The zero-order valence-corrected chi connectivity index (χ0v) is 14.0. The molecule has 2 nitrogen and oxygen atoms in total. The van der Waals surface area contributed by atoms with E-state index in [1.54, 1.807) is 12.1 Å². The Morgan fingerprint density at radius 3 is 2.25 bits per heavy atom. The van der Waals surface area contributed by atoms with E-state index in [2.05, 4.69) is 37.2 Å². The third kappa shape index (κ3) is 3.81. The lowest BCUT2D eigenvalue weighted by molar-refractivity contribution is 0.191. The molecule has 0 fully saturated rings. The molecule has 0 heterocycles. The summed E-state index contributed by atoms with van der Waals surface area (Å²) >= 11 is 6.98. The van der Waals surface area contributed by atoms with E-state index in [-0.39, 0.29) is 5.82 Å². The van der Waals surface area contributed by atoms with Gasteiger partial charge in [0, 0.05) is 15.5 Å². The number of aliphatic hydroxyl groups is 1. The van der Waals surface area contributed by atoms with Crippen LogP contribution in [0.3, 0.4) is 0 Å². The van der Waals surface area contributed by atoms with Crippen molar-refractivity contribution >= 4 is 37.5 Å². The van der Waals surface area contributed by atoms with Crippen LogP contribution in [0.25, 0.3) is 0 Å². The Bertz CT molecular complexity index is 578. The summed E-state index contributed by atoms with van der Waals surface area (Å²) in [7, 11) is 0. The minimum absolute atomic E-state index is 0.307. The molecule has 2 rings (SSSR count).